The van der Waals surface area contributed by atoms with Gasteiger partial charge in [0, 0.05) is 23.5 Å². The van der Waals surface area contributed by atoms with E-state index in [-0.39, 0.29) is 0 Å². The summed E-state index contributed by atoms with van der Waals surface area (Å²) in [6.07, 6.45) is 1.60. The Morgan fingerprint density at radius 1 is 1.28 bits per heavy atom. The van der Waals surface area contributed by atoms with E-state index in [0.29, 0.717) is 17.1 Å². The number of aryl methyl sites for hydroxylation is 1. The minimum Gasteiger partial charge on any atom is -0.481 e. The number of hydrogen-bond donors (Lipinski definition) is 1. The lowest BCUT2D eigenvalue weighted by molar-refractivity contribution is 0.100. The highest BCUT2D eigenvalue weighted by atomic mass is 16.5. The first kappa shape index (κ1) is 12.0. The lowest BCUT2D eigenvalue weighted by Crippen LogP contribution is -2.13. The molecule has 2 N–H and O–H groups in total. The average Bonchev–Trinajstić information content (AvgIpc) is 2.38. The van der Waals surface area contributed by atoms with Crippen LogP contribution in [0.2, 0.25) is 0 Å². The monoisotopic (exact) mass is 243 g/mol. The molecule has 0 radical (unpaired) electrons. The van der Waals surface area contributed by atoms with Crippen LogP contribution in [-0.2, 0) is 0 Å². The SMILES string of the molecule is COc1ccc(-c2nc(C)ccc2C(N)=O)cn1. The van der Waals surface area contributed by atoms with Crippen LogP contribution >= 0.6 is 0 Å². The van der Waals surface area contributed by atoms with Crippen LogP contribution in [-0.4, -0.2) is 23.0 Å². The zero-order chi connectivity index (χ0) is 13.1. The fourth-order valence-electron chi connectivity index (χ4n) is 1.62. The number of aromatic nitrogens is 2. The second-order valence-corrected chi connectivity index (χ2v) is 3.80. The van der Waals surface area contributed by atoms with Crippen molar-refractivity contribution in [3.05, 3.63) is 41.7 Å². The second-order valence-electron chi connectivity index (χ2n) is 3.80. The van der Waals surface area contributed by atoms with Crippen LogP contribution in [0.4, 0.5) is 0 Å². The van der Waals surface area contributed by atoms with E-state index in [4.69, 9.17) is 10.5 Å². The number of carbonyl (C=O) groups is 1. The van der Waals surface area contributed by atoms with Crippen molar-refractivity contribution in [1.82, 2.24) is 9.97 Å². The van der Waals surface area contributed by atoms with Gasteiger partial charge in [0.2, 0.25) is 5.88 Å². The minimum atomic E-state index is -0.506. The Kier molecular flexibility index (Phi) is 3.23. The average molecular weight is 243 g/mol. The minimum absolute atomic E-state index is 0.382. The molecule has 2 heterocycles. The number of rotatable bonds is 3. The van der Waals surface area contributed by atoms with Gasteiger partial charge >= 0.3 is 0 Å². The molecule has 18 heavy (non-hydrogen) atoms. The van der Waals surface area contributed by atoms with Crippen LogP contribution in [0.15, 0.2) is 30.5 Å². The fraction of sp³-hybridized carbons (Fsp3) is 0.154. The van der Waals surface area contributed by atoms with E-state index in [1.807, 2.05) is 6.92 Å². The summed E-state index contributed by atoms with van der Waals surface area (Å²) in [5, 5.41) is 0. The quantitative estimate of drug-likeness (QED) is 0.887. The van der Waals surface area contributed by atoms with E-state index >= 15 is 0 Å². The topological polar surface area (TPSA) is 78.1 Å². The molecule has 92 valence electrons. The molecule has 0 aliphatic rings. The standard InChI is InChI=1S/C13H13N3O2/c1-8-3-5-10(13(14)17)12(16-8)9-4-6-11(18-2)15-7-9/h3-7H,1-2H3,(H2,14,17). The number of carbonyl (C=O) groups excluding carboxylic acids is 1. The smallest absolute Gasteiger partial charge is 0.250 e. The summed E-state index contributed by atoms with van der Waals surface area (Å²) >= 11 is 0. The van der Waals surface area contributed by atoms with Crippen LogP contribution < -0.4 is 10.5 Å². The Balaban J connectivity index is 2.54. The maximum Gasteiger partial charge on any atom is 0.250 e. The van der Waals surface area contributed by atoms with Gasteiger partial charge in [0.05, 0.1) is 18.4 Å². The molecule has 0 saturated carbocycles. The van der Waals surface area contributed by atoms with Crippen LogP contribution in [0.5, 0.6) is 5.88 Å². The highest BCUT2D eigenvalue weighted by Crippen LogP contribution is 2.22. The van der Waals surface area contributed by atoms with Gasteiger partial charge in [-0.3, -0.25) is 9.78 Å². The molecule has 0 bridgehead atoms. The molecule has 2 rings (SSSR count). The number of hydrogen-bond acceptors (Lipinski definition) is 4. The summed E-state index contributed by atoms with van der Waals surface area (Å²) in [6, 6.07) is 6.93. The van der Waals surface area contributed by atoms with E-state index in [0.717, 1.165) is 11.3 Å². The largest absolute Gasteiger partial charge is 0.481 e. The van der Waals surface area contributed by atoms with Gasteiger partial charge in [0.1, 0.15) is 0 Å². The molecule has 0 atom stereocenters. The van der Waals surface area contributed by atoms with Crippen LogP contribution in [0.25, 0.3) is 11.3 Å². The van der Waals surface area contributed by atoms with E-state index in [2.05, 4.69) is 9.97 Å². The fourth-order valence-corrected chi connectivity index (χ4v) is 1.62. The van der Waals surface area contributed by atoms with Crippen molar-refractivity contribution in [2.75, 3.05) is 7.11 Å². The number of methoxy groups -OCH3 is 1. The molecule has 0 spiro atoms. The number of primary amides is 1. The van der Waals surface area contributed by atoms with Gasteiger partial charge in [0.25, 0.3) is 5.91 Å². The highest BCUT2D eigenvalue weighted by molar-refractivity contribution is 5.98. The summed E-state index contributed by atoms with van der Waals surface area (Å²) < 4.78 is 4.98. The molecule has 2 aromatic heterocycles. The van der Waals surface area contributed by atoms with E-state index in [1.165, 1.54) is 0 Å². The van der Waals surface area contributed by atoms with Crippen LogP contribution in [0.1, 0.15) is 16.1 Å². The van der Waals surface area contributed by atoms with Crippen molar-refractivity contribution in [3.8, 4) is 17.1 Å². The first-order valence-corrected chi connectivity index (χ1v) is 5.39. The number of pyridine rings is 2. The molecule has 0 unspecified atom stereocenters. The lowest BCUT2D eigenvalue weighted by atomic mass is 10.1. The normalized spacial score (nSPS) is 10.1. The molecule has 0 fully saturated rings. The summed E-state index contributed by atoms with van der Waals surface area (Å²) in [4.78, 5) is 19.8. The third kappa shape index (κ3) is 2.29. The third-order valence-corrected chi connectivity index (χ3v) is 2.52. The molecular formula is C13H13N3O2. The third-order valence-electron chi connectivity index (χ3n) is 2.52. The van der Waals surface area contributed by atoms with Gasteiger partial charge in [-0.15, -0.1) is 0 Å². The zero-order valence-corrected chi connectivity index (χ0v) is 10.2. The predicted octanol–water partition coefficient (Wildman–Crippen LogP) is 1.56. The van der Waals surface area contributed by atoms with Crippen molar-refractivity contribution in [2.45, 2.75) is 6.92 Å². The first-order valence-electron chi connectivity index (χ1n) is 5.39. The van der Waals surface area contributed by atoms with Gasteiger partial charge in [-0.25, -0.2) is 4.98 Å². The van der Waals surface area contributed by atoms with Gasteiger partial charge in [-0.2, -0.15) is 0 Å². The first-order chi connectivity index (χ1) is 8.61. The second kappa shape index (κ2) is 4.83. The van der Waals surface area contributed by atoms with Crippen molar-refractivity contribution in [2.24, 2.45) is 5.73 Å². The van der Waals surface area contributed by atoms with Gasteiger partial charge in [-0.1, -0.05) is 0 Å². The van der Waals surface area contributed by atoms with E-state index in [9.17, 15) is 4.79 Å². The van der Waals surface area contributed by atoms with Crippen molar-refractivity contribution >= 4 is 5.91 Å². The number of nitrogens with zero attached hydrogens (tertiary/aromatic N) is 2. The Morgan fingerprint density at radius 3 is 2.61 bits per heavy atom. The van der Waals surface area contributed by atoms with E-state index in [1.54, 1.807) is 37.6 Å². The highest BCUT2D eigenvalue weighted by Gasteiger charge is 2.12. The Bertz CT molecular complexity index is 579. The van der Waals surface area contributed by atoms with Gasteiger partial charge in [0.15, 0.2) is 0 Å². The van der Waals surface area contributed by atoms with Gasteiger partial charge < -0.3 is 10.5 Å². The number of nitrogens with two attached hydrogens (primary N) is 1. The number of ether oxygens (including phenoxy) is 1. The zero-order valence-electron chi connectivity index (χ0n) is 10.2. The van der Waals surface area contributed by atoms with E-state index < -0.39 is 5.91 Å². The molecule has 5 heteroatoms. The van der Waals surface area contributed by atoms with Crippen molar-refractivity contribution in [3.63, 3.8) is 0 Å². The molecular weight excluding hydrogens is 230 g/mol. The van der Waals surface area contributed by atoms with Gasteiger partial charge in [-0.05, 0) is 25.1 Å². The van der Waals surface area contributed by atoms with Crippen LogP contribution in [0, 0.1) is 6.92 Å². The predicted molar refractivity (Wildman–Crippen MR) is 67.3 cm³/mol. The Labute approximate surface area is 105 Å². The number of amides is 1. The summed E-state index contributed by atoms with van der Waals surface area (Å²) in [5.41, 5.74) is 7.80. The molecule has 2 aromatic rings. The van der Waals surface area contributed by atoms with Crippen molar-refractivity contribution in [1.29, 1.82) is 0 Å². The summed E-state index contributed by atoms with van der Waals surface area (Å²) in [6.45, 7) is 1.85. The summed E-state index contributed by atoms with van der Waals surface area (Å²) in [7, 11) is 1.54. The van der Waals surface area contributed by atoms with Crippen molar-refractivity contribution < 1.29 is 9.53 Å². The summed E-state index contributed by atoms with van der Waals surface area (Å²) in [5.74, 6) is 0.000320. The molecule has 0 aromatic carbocycles. The molecule has 0 aliphatic carbocycles. The Hall–Kier alpha value is -2.43. The maximum atomic E-state index is 11.4. The van der Waals surface area contributed by atoms with Crippen LogP contribution in [0.3, 0.4) is 0 Å². The lowest BCUT2D eigenvalue weighted by Gasteiger charge is -2.07. The molecule has 5 nitrogen and oxygen atoms in total. The Morgan fingerprint density at radius 2 is 2.06 bits per heavy atom. The molecule has 1 amide bonds. The molecule has 0 saturated heterocycles. The molecule has 0 aliphatic heterocycles. The maximum absolute atomic E-state index is 11.4.